The second-order valence-corrected chi connectivity index (χ2v) is 6.90. The molecule has 0 saturated heterocycles. The van der Waals surface area contributed by atoms with E-state index in [4.69, 9.17) is 0 Å². The summed E-state index contributed by atoms with van der Waals surface area (Å²) in [5, 5.41) is 1.43. The molecule has 0 unspecified atom stereocenters. The first kappa shape index (κ1) is 13.2. The van der Waals surface area contributed by atoms with Gasteiger partial charge in [-0.25, -0.2) is 0 Å². The number of benzene rings is 2. The monoisotopic (exact) mass is 388 g/mol. The maximum absolute atomic E-state index is 2.48. The minimum absolute atomic E-state index is 1.00. The summed E-state index contributed by atoms with van der Waals surface area (Å²) in [5.41, 5.74) is 5.68. The summed E-state index contributed by atoms with van der Waals surface area (Å²) in [6.45, 7) is 2.10. The predicted molar refractivity (Wildman–Crippen MR) is 96.8 cm³/mol. The number of hydrogen-bond acceptors (Lipinski definition) is 1. The van der Waals surface area contributed by atoms with Crippen molar-refractivity contribution in [2.24, 2.45) is 7.05 Å². The molecule has 2 aromatic carbocycles. The third kappa shape index (κ3) is 2.14. The van der Waals surface area contributed by atoms with Crippen molar-refractivity contribution in [3.63, 3.8) is 0 Å². The lowest BCUT2D eigenvalue weighted by Gasteiger charge is -2.30. The molecule has 3 aromatic rings. The summed E-state index contributed by atoms with van der Waals surface area (Å²) in [5.74, 6) is 0. The zero-order chi connectivity index (χ0) is 14.4. The van der Waals surface area contributed by atoms with Crippen LogP contribution in [0, 0.1) is 3.57 Å². The minimum Gasteiger partial charge on any atom is -0.365 e. The van der Waals surface area contributed by atoms with Crippen molar-refractivity contribution in [1.82, 2.24) is 4.57 Å². The average molecular weight is 388 g/mol. The van der Waals surface area contributed by atoms with Gasteiger partial charge in [-0.2, -0.15) is 0 Å². The lowest BCUT2D eigenvalue weighted by Crippen LogP contribution is -2.31. The highest BCUT2D eigenvalue weighted by molar-refractivity contribution is 14.1. The molecular formula is C18H17IN2. The molecule has 0 N–H and O–H groups in total. The van der Waals surface area contributed by atoms with Crippen LogP contribution in [0.4, 0.5) is 5.69 Å². The molecule has 4 rings (SSSR count). The predicted octanol–water partition coefficient (Wildman–Crippen LogP) is 4.35. The third-order valence-electron chi connectivity index (χ3n) is 4.51. The quantitative estimate of drug-likeness (QED) is 0.563. The van der Waals surface area contributed by atoms with E-state index in [0.29, 0.717) is 0 Å². The van der Waals surface area contributed by atoms with Crippen LogP contribution in [0.5, 0.6) is 0 Å². The van der Waals surface area contributed by atoms with E-state index >= 15 is 0 Å². The number of rotatable bonds is 1. The van der Waals surface area contributed by atoms with Crippen LogP contribution >= 0.6 is 22.6 Å². The number of nitrogens with zero attached hydrogens (tertiary/aromatic N) is 2. The van der Waals surface area contributed by atoms with Crippen molar-refractivity contribution in [2.75, 3.05) is 11.4 Å². The van der Waals surface area contributed by atoms with Crippen molar-refractivity contribution in [3.05, 3.63) is 63.4 Å². The number of hydrogen-bond donors (Lipinski definition) is 0. The molecule has 0 atom stereocenters. The van der Waals surface area contributed by atoms with E-state index in [-0.39, 0.29) is 0 Å². The Kier molecular flexibility index (Phi) is 3.17. The lowest BCUT2D eigenvalue weighted by molar-refractivity contribution is 0.689. The summed E-state index contributed by atoms with van der Waals surface area (Å²) in [6.07, 6.45) is 1.13. The first-order valence-corrected chi connectivity index (χ1v) is 8.37. The first-order valence-electron chi connectivity index (χ1n) is 7.30. The normalized spacial score (nSPS) is 14.5. The van der Waals surface area contributed by atoms with Gasteiger partial charge in [-0.1, -0.05) is 18.2 Å². The zero-order valence-corrected chi connectivity index (χ0v) is 14.2. The van der Waals surface area contributed by atoms with Crippen molar-refractivity contribution in [1.29, 1.82) is 0 Å². The minimum atomic E-state index is 1.00. The van der Waals surface area contributed by atoms with E-state index in [9.17, 15) is 0 Å². The standard InChI is InChI=1S/C18H17IN2/c1-20-17-5-3-2-4-15(17)16-10-11-21(12-18(16)20)14-8-6-13(19)7-9-14/h2-9H,10-12H2,1H3. The van der Waals surface area contributed by atoms with Crippen LogP contribution in [-0.2, 0) is 20.0 Å². The van der Waals surface area contributed by atoms with Gasteiger partial charge in [0.1, 0.15) is 0 Å². The highest BCUT2D eigenvalue weighted by Crippen LogP contribution is 2.31. The van der Waals surface area contributed by atoms with Crippen LogP contribution in [-0.4, -0.2) is 11.1 Å². The second kappa shape index (κ2) is 5.05. The molecule has 1 aliphatic rings. The number of aromatic nitrogens is 1. The topological polar surface area (TPSA) is 8.17 Å². The fraction of sp³-hybridized carbons (Fsp3) is 0.222. The summed E-state index contributed by atoms with van der Waals surface area (Å²) in [4.78, 5) is 2.48. The fourth-order valence-corrected chi connectivity index (χ4v) is 3.74. The molecule has 0 amide bonds. The van der Waals surface area contributed by atoms with Gasteiger partial charge in [0, 0.05) is 39.4 Å². The van der Waals surface area contributed by atoms with Gasteiger partial charge in [-0.15, -0.1) is 0 Å². The molecule has 1 aliphatic heterocycles. The highest BCUT2D eigenvalue weighted by atomic mass is 127. The SMILES string of the molecule is Cn1c2c(c3ccccc31)CCN(c1ccc(I)cc1)C2. The Morgan fingerprint density at radius 2 is 1.76 bits per heavy atom. The third-order valence-corrected chi connectivity index (χ3v) is 5.23. The summed E-state index contributed by atoms with van der Waals surface area (Å²) in [7, 11) is 2.19. The van der Waals surface area contributed by atoms with Crippen LogP contribution in [0.25, 0.3) is 10.9 Å². The summed E-state index contributed by atoms with van der Waals surface area (Å²) >= 11 is 2.36. The van der Waals surface area contributed by atoms with Crippen LogP contribution in [0.2, 0.25) is 0 Å². The van der Waals surface area contributed by atoms with E-state index in [1.54, 1.807) is 0 Å². The summed E-state index contributed by atoms with van der Waals surface area (Å²) in [6, 6.07) is 17.6. The molecule has 0 spiro atoms. The Hall–Kier alpha value is -1.49. The molecule has 0 fully saturated rings. The average Bonchev–Trinajstić information content (AvgIpc) is 2.81. The first-order chi connectivity index (χ1) is 10.2. The van der Waals surface area contributed by atoms with Crippen molar-refractivity contribution in [2.45, 2.75) is 13.0 Å². The molecule has 0 aliphatic carbocycles. The number of aryl methyl sites for hydroxylation is 1. The number of fused-ring (bicyclic) bond motifs is 3. The Morgan fingerprint density at radius 1 is 1.00 bits per heavy atom. The smallest absolute Gasteiger partial charge is 0.0585 e. The molecule has 3 heteroatoms. The Labute approximate surface area is 138 Å². The van der Waals surface area contributed by atoms with Gasteiger partial charge in [-0.05, 0) is 64.9 Å². The van der Waals surface area contributed by atoms with Crippen LogP contribution < -0.4 is 4.90 Å². The van der Waals surface area contributed by atoms with Crippen molar-refractivity contribution in [3.8, 4) is 0 Å². The number of halogens is 1. The van der Waals surface area contributed by atoms with Crippen molar-refractivity contribution < 1.29 is 0 Å². The molecule has 1 aromatic heterocycles. The van der Waals surface area contributed by atoms with Crippen LogP contribution in [0.15, 0.2) is 48.5 Å². The van der Waals surface area contributed by atoms with Crippen molar-refractivity contribution >= 4 is 39.2 Å². The highest BCUT2D eigenvalue weighted by Gasteiger charge is 2.22. The maximum atomic E-state index is 2.48. The Bertz CT molecular complexity index is 802. The number of para-hydroxylation sites is 1. The molecular weight excluding hydrogens is 371 g/mol. The van der Waals surface area contributed by atoms with E-state index in [1.165, 1.54) is 31.4 Å². The van der Waals surface area contributed by atoms with E-state index in [1.807, 2.05) is 0 Å². The molecule has 2 heterocycles. The molecule has 106 valence electrons. The molecule has 0 radical (unpaired) electrons. The van der Waals surface area contributed by atoms with E-state index in [0.717, 1.165) is 19.5 Å². The molecule has 2 nitrogen and oxygen atoms in total. The van der Waals surface area contributed by atoms with Crippen LogP contribution in [0.3, 0.4) is 0 Å². The molecule has 0 saturated carbocycles. The van der Waals surface area contributed by atoms with Gasteiger partial charge >= 0.3 is 0 Å². The fourth-order valence-electron chi connectivity index (χ4n) is 3.38. The molecule has 21 heavy (non-hydrogen) atoms. The van der Waals surface area contributed by atoms with Gasteiger partial charge in [-0.3, -0.25) is 0 Å². The van der Waals surface area contributed by atoms with Gasteiger partial charge < -0.3 is 9.47 Å². The van der Waals surface area contributed by atoms with Gasteiger partial charge in [0.25, 0.3) is 0 Å². The Balaban J connectivity index is 1.76. The van der Waals surface area contributed by atoms with E-state index in [2.05, 4.69) is 87.6 Å². The second-order valence-electron chi connectivity index (χ2n) is 5.65. The van der Waals surface area contributed by atoms with E-state index < -0.39 is 0 Å². The largest absolute Gasteiger partial charge is 0.365 e. The number of anilines is 1. The lowest BCUT2D eigenvalue weighted by atomic mass is 10.0. The molecule has 0 bridgehead atoms. The summed E-state index contributed by atoms with van der Waals surface area (Å²) < 4.78 is 3.66. The maximum Gasteiger partial charge on any atom is 0.0585 e. The van der Waals surface area contributed by atoms with Gasteiger partial charge in [0.05, 0.1) is 6.54 Å². The Morgan fingerprint density at radius 3 is 2.57 bits per heavy atom. The van der Waals surface area contributed by atoms with Gasteiger partial charge in [0.15, 0.2) is 0 Å². The van der Waals surface area contributed by atoms with Gasteiger partial charge in [0.2, 0.25) is 0 Å². The zero-order valence-electron chi connectivity index (χ0n) is 12.0. The van der Waals surface area contributed by atoms with Crippen LogP contribution in [0.1, 0.15) is 11.3 Å².